The third kappa shape index (κ3) is 5.32. The number of carbonyl (C=O) groups excluding carboxylic acids is 1. The van der Waals surface area contributed by atoms with Crippen molar-refractivity contribution in [3.05, 3.63) is 52.2 Å². The number of rotatable bonds is 5. The Hall–Kier alpha value is -2.60. The predicted octanol–water partition coefficient (Wildman–Crippen LogP) is 6.17. The number of fused-ring (bicyclic) bond motifs is 1. The molecule has 0 saturated heterocycles. The van der Waals surface area contributed by atoms with E-state index in [1.54, 1.807) is 13.0 Å². The van der Waals surface area contributed by atoms with E-state index in [1.165, 1.54) is 0 Å². The summed E-state index contributed by atoms with van der Waals surface area (Å²) in [6.45, 7) is 8.23. The highest BCUT2D eigenvalue weighted by atomic mass is 32.2. The van der Waals surface area contributed by atoms with Crippen LogP contribution < -0.4 is 5.32 Å². The molecule has 1 heterocycles. The Morgan fingerprint density at radius 2 is 1.88 bits per heavy atom. The van der Waals surface area contributed by atoms with Crippen LogP contribution in [0.15, 0.2) is 17.2 Å². The van der Waals surface area contributed by atoms with E-state index in [0.29, 0.717) is 16.5 Å². The van der Waals surface area contributed by atoms with Gasteiger partial charge >= 0.3 is 0 Å². The first-order valence-corrected chi connectivity index (χ1v) is 11.6. The molecule has 4 nitrogen and oxygen atoms in total. The maximum absolute atomic E-state index is 14.0. The Kier molecular flexibility index (Phi) is 7.37. The van der Waals surface area contributed by atoms with Gasteiger partial charge in [-0.1, -0.05) is 39.5 Å². The minimum atomic E-state index is -1.68. The molecule has 1 aliphatic carbocycles. The Bertz CT molecular complexity index is 1100. The van der Waals surface area contributed by atoms with Crippen LogP contribution in [0.5, 0.6) is 0 Å². The van der Waals surface area contributed by atoms with Gasteiger partial charge in [0.2, 0.25) is 5.91 Å². The van der Waals surface area contributed by atoms with E-state index in [4.69, 9.17) is 0 Å². The van der Waals surface area contributed by atoms with E-state index in [-0.39, 0.29) is 17.9 Å². The molecular formula is C24H25F4N3OS. The summed E-state index contributed by atoms with van der Waals surface area (Å²) in [7, 11) is 0. The van der Waals surface area contributed by atoms with Gasteiger partial charge in [-0.3, -0.25) is 4.79 Å². The number of pyridine rings is 1. The Morgan fingerprint density at radius 3 is 2.42 bits per heavy atom. The Labute approximate surface area is 194 Å². The first kappa shape index (κ1) is 25.0. The highest BCUT2D eigenvalue weighted by Gasteiger charge is 2.31. The molecule has 2 aromatic rings. The van der Waals surface area contributed by atoms with Crippen molar-refractivity contribution in [3.8, 4) is 6.07 Å². The molecule has 3 rings (SSSR count). The van der Waals surface area contributed by atoms with Crippen molar-refractivity contribution in [1.82, 2.24) is 4.98 Å². The number of hydrogen-bond donors (Lipinski definition) is 1. The molecular weight excluding hydrogens is 454 g/mol. The monoisotopic (exact) mass is 479 g/mol. The number of benzene rings is 1. The maximum Gasteiger partial charge on any atom is 0.238 e. The SMILES string of the molecule is CCC(Sc1nc2c(cc1C#N)CC(C(C)(C)C)CC2)C(=O)Nc1c(F)c(F)cc(F)c1F. The molecule has 0 saturated carbocycles. The van der Waals surface area contributed by atoms with Gasteiger partial charge in [-0.25, -0.2) is 22.5 Å². The van der Waals surface area contributed by atoms with E-state index >= 15 is 0 Å². The smallest absolute Gasteiger partial charge is 0.238 e. The average molecular weight is 480 g/mol. The van der Waals surface area contributed by atoms with E-state index in [1.807, 2.05) is 5.32 Å². The van der Waals surface area contributed by atoms with Crippen molar-refractivity contribution in [2.75, 3.05) is 5.32 Å². The number of carbonyl (C=O) groups is 1. The molecule has 33 heavy (non-hydrogen) atoms. The molecule has 2 atom stereocenters. The Balaban J connectivity index is 1.85. The number of aryl methyl sites for hydroxylation is 1. The van der Waals surface area contributed by atoms with Crippen LogP contribution in [-0.4, -0.2) is 16.1 Å². The number of nitrogens with one attached hydrogen (secondary N) is 1. The molecule has 0 fully saturated rings. The number of aromatic nitrogens is 1. The lowest BCUT2D eigenvalue weighted by atomic mass is 9.71. The first-order valence-electron chi connectivity index (χ1n) is 10.7. The van der Waals surface area contributed by atoms with Gasteiger partial charge in [-0.15, -0.1) is 0 Å². The van der Waals surface area contributed by atoms with Gasteiger partial charge in [0.05, 0.1) is 10.8 Å². The van der Waals surface area contributed by atoms with Crippen LogP contribution in [0.4, 0.5) is 23.2 Å². The lowest BCUT2D eigenvalue weighted by molar-refractivity contribution is -0.115. The third-order valence-electron chi connectivity index (χ3n) is 5.97. The van der Waals surface area contributed by atoms with Crippen LogP contribution in [0.3, 0.4) is 0 Å². The summed E-state index contributed by atoms with van der Waals surface area (Å²) < 4.78 is 54.9. The van der Waals surface area contributed by atoms with Gasteiger partial charge in [0.25, 0.3) is 0 Å². The summed E-state index contributed by atoms with van der Waals surface area (Å²) in [5.41, 5.74) is 1.15. The lowest BCUT2D eigenvalue weighted by Gasteiger charge is -2.34. The minimum Gasteiger partial charge on any atom is -0.320 e. The third-order valence-corrected chi connectivity index (χ3v) is 7.34. The van der Waals surface area contributed by atoms with Crippen LogP contribution in [0.2, 0.25) is 0 Å². The number of nitriles is 1. The quantitative estimate of drug-likeness (QED) is 0.316. The first-order chi connectivity index (χ1) is 15.5. The van der Waals surface area contributed by atoms with Gasteiger partial charge in [-0.2, -0.15) is 5.26 Å². The van der Waals surface area contributed by atoms with E-state index in [0.717, 1.165) is 42.3 Å². The zero-order valence-electron chi connectivity index (χ0n) is 18.9. The lowest BCUT2D eigenvalue weighted by Crippen LogP contribution is -2.28. The normalized spacial score (nSPS) is 16.6. The van der Waals surface area contributed by atoms with Crippen LogP contribution in [0.25, 0.3) is 0 Å². The van der Waals surface area contributed by atoms with Gasteiger partial charge in [0, 0.05) is 11.8 Å². The average Bonchev–Trinajstić information content (AvgIpc) is 2.77. The molecule has 9 heteroatoms. The molecule has 1 aliphatic rings. The highest BCUT2D eigenvalue weighted by molar-refractivity contribution is 8.00. The zero-order chi connectivity index (χ0) is 24.5. The van der Waals surface area contributed by atoms with Gasteiger partial charge < -0.3 is 5.32 Å². The number of anilines is 1. The van der Waals surface area contributed by atoms with Crippen LogP contribution >= 0.6 is 11.8 Å². The molecule has 1 aromatic heterocycles. The van der Waals surface area contributed by atoms with Crippen LogP contribution in [0, 0.1) is 45.9 Å². The van der Waals surface area contributed by atoms with Crippen molar-refractivity contribution < 1.29 is 22.4 Å². The fourth-order valence-corrected chi connectivity index (χ4v) is 4.89. The summed E-state index contributed by atoms with van der Waals surface area (Å²) >= 11 is 0.988. The topological polar surface area (TPSA) is 65.8 Å². The minimum absolute atomic E-state index is 0.0762. The standard InChI is InChI=1S/C24H25F4N3OS/c1-5-18(22(32)31-21-19(27)15(25)10-16(26)20(21)28)33-23-13(11-29)8-12-9-14(24(2,3)4)6-7-17(12)30-23/h8,10,14,18H,5-7,9H2,1-4H3,(H,31,32). The van der Waals surface area contributed by atoms with E-state index in [2.05, 4.69) is 31.8 Å². The number of thioether (sulfide) groups is 1. The molecule has 1 aromatic carbocycles. The van der Waals surface area contributed by atoms with E-state index < -0.39 is 40.1 Å². The maximum atomic E-state index is 14.0. The second-order valence-corrected chi connectivity index (χ2v) is 10.4. The predicted molar refractivity (Wildman–Crippen MR) is 119 cm³/mol. The summed E-state index contributed by atoms with van der Waals surface area (Å²) in [5, 5.41) is 11.1. The number of hydrogen-bond acceptors (Lipinski definition) is 4. The van der Waals surface area contributed by atoms with Crippen LogP contribution in [-0.2, 0) is 17.6 Å². The summed E-state index contributed by atoms with van der Waals surface area (Å²) in [5.74, 6) is -6.97. The number of halogens is 4. The molecule has 176 valence electrons. The second kappa shape index (κ2) is 9.72. The molecule has 0 bridgehead atoms. The molecule has 0 aliphatic heterocycles. The van der Waals surface area contributed by atoms with Gasteiger partial charge in [0.15, 0.2) is 23.3 Å². The fourth-order valence-electron chi connectivity index (χ4n) is 3.90. The largest absolute Gasteiger partial charge is 0.320 e. The second-order valence-electron chi connectivity index (χ2n) is 9.21. The summed E-state index contributed by atoms with van der Waals surface area (Å²) in [6, 6.07) is 3.99. The number of amides is 1. The van der Waals surface area contributed by atoms with Gasteiger partial charge in [-0.05, 0) is 48.6 Å². The summed E-state index contributed by atoms with van der Waals surface area (Å²) in [4.78, 5) is 17.3. The molecule has 2 unspecified atom stereocenters. The Morgan fingerprint density at radius 1 is 1.24 bits per heavy atom. The van der Waals surface area contributed by atoms with Crippen molar-refractivity contribution in [2.24, 2.45) is 11.3 Å². The molecule has 1 amide bonds. The number of nitrogens with zero attached hydrogens (tertiary/aromatic N) is 2. The van der Waals surface area contributed by atoms with Crippen LogP contribution in [0.1, 0.15) is 57.4 Å². The zero-order valence-corrected chi connectivity index (χ0v) is 19.7. The molecule has 0 radical (unpaired) electrons. The van der Waals surface area contributed by atoms with Crippen molar-refractivity contribution in [1.29, 1.82) is 5.26 Å². The van der Waals surface area contributed by atoms with Gasteiger partial charge in [0.1, 0.15) is 16.8 Å². The van der Waals surface area contributed by atoms with Crippen molar-refractivity contribution in [2.45, 2.75) is 63.7 Å². The van der Waals surface area contributed by atoms with Crippen molar-refractivity contribution in [3.63, 3.8) is 0 Å². The highest BCUT2D eigenvalue weighted by Crippen LogP contribution is 2.39. The molecule has 0 spiro atoms. The van der Waals surface area contributed by atoms with E-state index in [9.17, 15) is 27.6 Å². The fraction of sp³-hybridized carbons (Fsp3) is 0.458. The van der Waals surface area contributed by atoms with Crippen molar-refractivity contribution >= 4 is 23.4 Å². The summed E-state index contributed by atoms with van der Waals surface area (Å²) in [6.07, 6.45) is 2.75. The molecule has 1 N–H and O–H groups in total.